The number of carboxylic acids is 1. The number of rotatable bonds is 8. The first kappa shape index (κ1) is 16.4. The van der Waals surface area contributed by atoms with E-state index in [2.05, 4.69) is 5.32 Å². The van der Waals surface area contributed by atoms with Crippen molar-refractivity contribution in [3.8, 4) is 0 Å². The zero-order valence-corrected chi connectivity index (χ0v) is 12.3. The molecule has 5 heteroatoms. The summed E-state index contributed by atoms with van der Waals surface area (Å²) in [5.74, 6) is -1.08. The summed E-state index contributed by atoms with van der Waals surface area (Å²) in [6.07, 6.45) is 2.13. The number of carboxylic acid groups (broad SMARTS) is 1. The monoisotopic (exact) mass is 282 g/mol. The van der Waals surface area contributed by atoms with E-state index in [9.17, 15) is 9.18 Å². The van der Waals surface area contributed by atoms with Crippen molar-refractivity contribution in [1.82, 2.24) is 5.32 Å². The van der Waals surface area contributed by atoms with Crippen molar-refractivity contribution in [2.75, 3.05) is 25.5 Å². The Bertz CT molecular complexity index is 453. The third kappa shape index (κ3) is 4.20. The van der Waals surface area contributed by atoms with E-state index in [0.29, 0.717) is 18.7 Å². The largest absolute Gasteiger partial charge is 0.480 e. The van der Waals surface area contributed by atoms with Crippen LogP contribution >= 0.6 is 0 Å². The van der Waals surface area contributed by atoms with Gasteiger partial charge < -0.3 is 15.3 Å². The van der Waals surface area contributed by atoms with Gasteiger partial charge in [-0.1, -0.05) is 12.1 Å². The maximum atomic E-state index is 13.6. The molecule has 1 rings (SSSR count). The van der Waals surface area contributed by atoms with Gasteiger partial charge in [0, 0.05) is 13.6 Å². The molecule has 2 N–H and O–H groups in total. The molecule has 1 aromatic carbocycles. The van der Waals surface area contributed by atoms with Gasteiger partial charge in [0.05, 0.1) is 5.69 Å². The van der Waals surface area contributed by atoms with Gasteiger partial charge in [0.1, 0.15) is 11.4 Å². The SMILES string of the molecule is CNC(C)(CCCCN(C)c1ccccc1F)C(=O)O. The van der Waals surface area contributed by atoms with Crippen LogP contribution in [0.15, 0.2) is 24.3 Å². The molecule has 0 heterocycles. The number of hydrogen-bond donors (Lipinski definition) is 2. The number of nitrogens with one attached hydrogen (secondary N) is 1. The number of halogens is 1. The molecule has 0 fully saturated rings. The Kier molecular flexibility index (Phi) is 5.95. The molecule has 0 aromatic heterocycles. The maximum absolute atomic E-state index is 13.6. The molecule has 0 saturated carbocycles. The summed E-state index contributed by atoms with van der Waals surface area (Å²) >= 11 is 0. The van der Waals surface area contributed by atoms with Crippen molar-refractivity contribution in [3.05, 3.63) is 30.1 Å². The van der Waals surface area contributed by atoms with E-state index >= 15 is 0 Å². The molecule has 0 aliphatic carbocycles. The lowest BCUT2D eigenvalue weighted by atomic mass is 9.95. The smallest absolute Gasteiger partial charge is 0.323 e. The molecular formula is C15H23FN2O2. The van der Waals surface area contributed by atoms with Gasteiger partial charge >= 0.3 is 5.97 Å². The highest BCUT2D eigenvalue weighted by Gasteiger charge is 2.30. The summed E-state index contributed by atoms with van der Waals surface area (Å²) in [7, 11) is 3.49. The van der Waals surface area contributed by atoms with E-state index in [1.165, 1.54) is 6.07 Å². The van der Waals surface area contributed by atoms with Crippen molar-refractivity contribution >= 4 is 11.7 Å². The van der Waals surface area contributed by atoms with E-state index in [1.54, 1.807) is 32.2 Å². The van der Waals surface area contributed by atoms with Gasteiger partial charge in [-0.3, -0.25) is 4.79 Å². The van der Waals surface area contributed by atoms with Crippen LogP contribution in [0.1, 0.15) is 26.2 Å². The Balaban J connectivity index is 2.42. The second-order valence-corrected chi connectivity index (χ2v) is 5.22. The quantitative estimate of drug-likeness (QED) is 0.719. The van der Waals surface area contributed by atoms with E-state index in [0.717, 1.165) is 12.8 Å². The number of para-hydroxylation sites is 1. The summed E-state index contributed by atoms with van der Waals surface area (Å²) in [6.45, 7) is 2.37. The Hall–Kier alpha value is -1.62. The maximum Gasteiger partial charge on any atom is 0.323 e. The van der Waals surface area contributed by atoms with Crippen LogP contribution in [0.3, 0.4) is 0 Å². The van der Waals surface area contributed by atoms with E-state index in [-0.39, 0.29) is 5.82 Å². The van der Waals surface area contributed by atoms with Crippen LogP contribution in [0.4, 0.5) is 10.1 Å². The zero-order chi connectivity index (χ0) is 15.2. The lowest BCUT2D eigenvalue weighted by Gasteiger charge is -2.25. The first-order chi connectivity index (χ1) is 9.40. The highest BCUT2D eigenvalue weighted by atomic mass is 19.1. The van der Waals surface area contributed by atoms with Crippen molar-refractivity contribution in [2.24, 2.45) is 0 Å². The molecule has 0 aliphatic heterocycles. The number of nitrogens with zero attached hydrogens (tertiary/aromatic N) is 1. The predicted octanol–water partition coefficient (Wildman–Crippen LogP) is 2.49. The predicted molar refractivity (Wildman–Crippen MR) is 78.6 cm³/mol. The van der Waals surface area contributed by atoms with Crippen LogP contribution in [0.25, 0.3) is 0 Å². The van der Waals surface area contributed by atoms with Gasteiger partial charge in [0.2, 0.25) is 0 Å². The van der Waals surface area contributed by atoms with Gasteiger partial charge in [-0.15, -0.1) is 0 Å². The molecule has 1 aromatic rings. The highest BCUT2D eigenvalue weighted by Crippen LogP contribution is 2.19. The molecule has 1 atom stereocenters. The molecule has 0 saturated heterocycles. The number of anilines is 1. The van der Waals surface area contributed by atoms with E-state index in [1.807, 2.05) is 11.9 Å². The average Bonchev–Trinajstić information content (AvgIpc) is 2.43. The molecule has 20 heavy (non-hydrogen) atoms. The van der Waals surface area contributed by atoms with Gasteiger partial charge in [0.25, 0.3) is 0 Å². The number of hydrogen-bond acceptors (Lipinski definition) is 3. The van der Waals surface area contributed by atoms with Gasteiger partial charge in [0.15, 0.2) is 0 Å². The Morgan fingerprint density at radius 1 is 1.40 bits per heavy atom. The van der Waals surface area contributed by atoms with Crippen LogP contribution in [-0.2, 0) is 4.79 Å². The Morgan fingerprint density at radius 2 is 2.05 bits per heavy atom. The number of aliphatic carboxylic acids is 1. The number of likely N-dealkylation sites (N-methyl/N-ethyl adjacent to an activating group) is 1. The van der Waals surface area contributed by atoms with Crippen molar-refractivity contribution in [3.63, 3.8) is 0 Å². The van der Waals surface area contributed by atoms with Crippen molar-refractivity contribution in [1.29, 1.82) is 0 Å². The second-order valence-electron chi connectivity index (χ2n) is 5.22. The third-order valence-electron chi connectivity index (χ3n) is 3.71. The second kappa shape index (κ2) is 7.24. The zero-order valence-electron chi connectivity index (χ0n) is 12.3. The molecule has 1 unspecified atom stereocenters. The van der Waals surface area contributed by atoms with Crippen molar-refractivity contribution in [2.45, 2.75) is 31.7 Å². The van der Waals surface area contributed by atoms with Crippen LogP contribution in [0, 0.1) is 5.82 Å². The van der Waals surface area contributed by atoms with Crippen LogP contribution in [-0.4, -0.2) is 37.3 Å². The first-order valence-corrected chi connectivity index (χ1v) is 6.78. The third-order valence-corrected chi connectivity index (χ3v) is 3.71. The molecule has 0 bridgehead atoms. The molecular weight excluding hydrogens is 259 g/mol. The lowest BCUT2D eigenvalue weighted by molar-refractivity contribution is -0.144. The average molecular weight is 282 g/mol. The summed E-state index contributed by atoms with van der Waals surface area (Å²) in [4.78, 5) is 13.0. The van der Waals surface area contributed by atoms with Crippen molar-refractivity contribution < 1.29 is 14.3 Å². The van der Waals surface area contributed by atoms with E-state index < -0.39 is 11.5 Å². The molecule has 0 aliphatic rings. The molecule has 0 amide bonds. The fourth-order valence-corrected chi connectivity index (χ4v) is 2.05. The fraction of sp³-hybridized carbons (Fsp3) is 0.533. The number of benzene rings is 1. The highest BCUT2D eigenvalue weighted by molar-refractivity contribution is 5.78. The van der Waals surface area contributed by atoms with Crippen LogP contribution < -0.4 is 10.2 Å². The first-order valence-electron chi connectivity index (χ1n) is 6.78. The van der Waals surface area contributed by atoms with Crippen LogP contribution in [0.2, 0.25) is 0 Å². The Morgan fingerprint density at radius 3 is 2.60 bits per heavy atom. The van der Waals surface area contributed by atoms with Crippen LogP contribution in [0.5, 0.6) is 0 Å². The number of unbranched alkanes of at least 4 members (excludes halogenated alkanes) is 1. The molecule has 112 valence electrons. The van der Waals surface area contributed by atoms with Gasteiger partial charge in [-0.25, -0.2) is 4.39 Å². The summed E-state index contributed by atoms with van der Waals surface area (Å²) < 4.78 is 13.6. The summed E-state index contributed by atoms with van der Waals surface area (Å²) in [5.41, 5.74) is -0.321. The number of carbonyl (C=O) groups is 1. The summed E-state index contributed by atoms with van der Waals surface area (Å²) in [5, 5.41) is 12.0. The normalized spacial score (nSPS) is 13.8. The molecule has 0 radical (unpaired) electrons. The van der Waals surface area contributed by atoms with E-state index in [4.69, 9.17) is 5.11 Å². The topological polar surface area (TPSA) is 52.6 Å². The fourth-order valence-electron chi connectivity index (χ4n) is 2.05. The lowest BCUT2D eigenvalue weighted by Crippen LogP contribution is -2.47. The van der Waals surface area contributed by atoms with Gasteiger partial charge in [-0.05, 0) is 45.4 Å². The summed E-state index contributed by atoms with van der Waals surface area (Å²) in [6, 6.07) is 6.65. The minimum Gasteiger partial charge on any atom is -0.480 e. The minimum absolute atomic E-state index is 0.236. The molecule has 4 nitrogen and oxygen atoms in total. The Labute approximate surface area is 119 Å². The standard InChI is InChI=1S/C15H23FN2O2/c1-15(17-2,14(19)20)10-6-7-11-18(3)13-9-5-4-8-12(13)16/h4-5,8-9,17H,6-7,10-11H2,1-3H3,(H,19,20). The van der Waals surface area contributed by atoms with Gasteiger partial charge in [-0.2, -0.15) is 0 Å². The minimum atomic E-state index is -0.892. The molecule has 0 spiro atoms.